The molecule has 0 aliphatic heterocycles. The van der Waals surface area contributed by atoms with Crippen molar-refractivity contribution in [2.45, 2.75) is 19.9 Å². The van der Waals surface area contributed by atoms with Gasteiger partial charge in [-0.1, -0.05) is 0 Å². The van der Waals surface area contributed by atoms with Crippen LogP contribution < -0.4 is 21.9 Å². The number of aromatic nitrogens is 6. The number of nitrogen functional groups attached to an aromatic ring is 1. The molecular formula is C10H16N10O. The highest BCUT2D eigenvalue weighted by Gasteiger charge is 2.15. The van der Waals surface area contributed by atoms with Gasteiger partial charge in [0.05, 0.1) is 0 Å². The summed E-state index contributed by atoms with van der Waals surface area (Å²) in [6.45, 7) is 4.08. The predicted octanol–water partition coefficient (Wildman–Crippen LogP) is -1.33. The fourth-order valence-electron chi connectivity index (χ4n) is 1.49. The number of hydrazine groups is 1. The molecule has 0 saturated heterocycles. The predicted molar refractivity (Wildman–Crippen MR) is 74.3 cm³/mol. The van der Waals surface area contributed by atoms with E-state index in [9.17, 15) is 4.79 Å². The van der Waals surface area contributed by atoms with E-state index in [0.29, 0.717) is 6.54 Å². The van der Waals surface area contributed by atoms with Crippen molar-refractivity contribution in [3.8, 4) is 5.95 Å². The first kappa shape index (κ1) is 14.6. The Labute approximate surface area is 120 Å². The van der Waals surface area contributed by atoms with Gasteiger partial charge in [0.1, 0.15) is 18.7 Å². The first-order valence-corrected chi connectivity index (χ1v) is 6.26. The van der Waals surface area contributed by atoms with E-state index in [0.717, 1.165) is 0 Å². The Bertz CT molecular complexity index is 598. The normalized spacial score (nSPS) is 11.8. The smallest absolute Gasteiger partial charge is 0.258 e. The van der Waals surface area contributed by atoms with Gasteiger partial charge in [-0.2, -0.15) is 24.7 Å². The van der Waals surface area contributed by atoms with Gasteiger partial charge in [0.15, 0.2) is 0 Å². The maximum absolute atomic E-state index is 11.7. The molecule has 1 unspecified atom stereocenters. The van der Waals surface area contributed by atoms with E-state index >= 15 is 0 Å². The summed E-state index contributed by atoms with van der Waals surface area (Å²) < 4.78 is 1.35. The van der Waals surface area contributed by atoms with Gasteiger partial charge in [0, 0.05) is 6.54 Å². The van der Waals surface area contributed by atoms with Crippen LogP contribution in [0.5, 0.6) is 0 Å². The molecule has 2 rings (SSSR count). The molecule has 11 nitrogen and oxygen atoms in total. The number of hydrogen-bond donors (Lipinski definition) is 4. The lowest BCUT2D eigenvalue weighted by molar-refractivity contribution is -0.121. The van der Waals surface area contributed by atoms with Gasteiger partial charge in [-0.15, -0.1) is 0 Å². The minimum Gasteiger partial charge on any atom is -0.355 e. The molecule has 0 aromatic carbocycles. The zero-order valence-electron chi connectivity index (χ0n) is 11.6. The lowest BCUT2D eigenvalue weighted by Crippen LogP contribution is -2.38. The highest BCUT2D eigenvalue weighted by Crippen LogP contribution is 2.08. The van der Waals surface area contributed by atoms with E-state index in [-0.39, 0.29) is 23.8 Å². The number of rotatable bonds is 6. The summed E-state index contributed by atoms with van der Waals surface area (Å²) in [7, 11) is 0. The highest BCUT2D eigenvalue weighted by molar-refractivity contribution is 5.83. The van der Waals surface area contributed by atoms with E-state index in [1.54, 1.807) is 6.92 Å². The summed E-state index contributed by atoms with van der Waals surface area (Å²) in [4.78, 5) is 27.8. The topological polar surface area (TPSA) is 149 Å². The van der Waals surface area contributed by atoms with Crippen LogP contribution in [-0.2, 0) is 4.79 Å². The molecule has 0 aliphatic carbocycles. The average molecular weight is 292 g/mol. The van der Waals surface area contributed by atoms with E-state index < -0.39 is 6.04 Å². The minimum atomic E-state index is -0.512. The van der Waals surface area contributed by atoms with Crippen LogP contribution in [0.4, 0.5) is 11.9 Å². The molecule has 112 valence electrons. The first-order valence-electron chi connectivity index (χ1n) is 6.26. The lowest BCUT2D eigenvalue weighted by Gasteiger charge is -2.14. The van der Waals surface area contributed by atoms with Gasteiger partial charge in [0.25, 0.3) is 5.95 Å². The molecule has 2 aromatic rings. The second-order valence-electron chi connectivity index (χ2n) is 4.03. The quantitative estimate of drug-likeness (QED) is 0.375. The molecule has 2 aromatic heterocycles. The van der Waals surface area contributed by atoms with Crippen LogP contribution in [0.15, 0.2) is 12.7 Å². The zero-order chi connectivity index (χ0) is 15.2. The van der Waals surface area contributed by atoms with Crippen LogP contribution in [0.3, 0.4) is 0 Å². The van der Waals surface area contributed by atoms with Crippen LogP contribution in [0.25, 0.3) is 5.95 Å². The summed E-state index contributed by atoms with van der Waals surface area (Å²) in [5.41, 5.74) is 2.33. The number of hydrogen-bond acceptors (Lipinski definition) is 9. The summed E-state index contributed by atoms with van der Waals surface area (Å²) in [5, 5.41) is 9.49. The van der Waals surface area contributed by atoms with Crippen LogP contribution in [0.1, 0.15) is 13.8 Å². The number of likely N-dealkylation sites (N-methyl/N-ethyl adjacent to an activating group) is 1. The summed E-state index contributed by atoms with van der Waals surface area (Å²) in [6, 6.07) is -0.512. The van der Waals surface area contributed by atoms with Gasteiger partial charge in [-0.3, -0.25) is 10.2 Å². The summed E-state index contributed by atoms with van der Waals surface area (Å²) in [6.07, 6.45) is 2.79. The largest absolute Gasteiger partial charge is 0.355 e. The van der Waals surface area contributed by atoms with Crippen LogP contribution in [0.2, 0.25) is 0 Å². The monoisotopic (exact) mass is 292 g/mol. The third kappa shape index (κ3) is 3.60. The number of carbonyl (C=O) groups is 1. The average Bonchev–Trinajstić information content (AvgIpc) is 3.01. The summed E-state index contributed by atoms with van der Waals surface area (Å²) in [5.74, 6) is 5.72. The van der Waals surface area contributed by atoms with Crippen molar-refractivity contribution in [3.05, 3.63) is 12.7 Å². The Morgan fingerprint density at radius 2 is 2.14 bits per heavy atom. The molecule has 0 aliphatic rings. The molecule has 5 N–H and O–H groups in total. The molecule has 0 bridgehead atoms. The molecule has 21 heavy (non-hydrogen) atoms. The standard InChI is InChI=1S/C10H16N10O/c1-3-13-7(21)6(2)15-8-16-9(19-11)18-10(17-8)20-5-12-4-14-20/h4-6H,3,11H2,1-2H3,(H,13,21)(H2,15,16,17,18,19). The molecule has 1 amide bonds. The van der Waals surface area contributed by atoms with Crippen LogP contribution >= 0.6 is 0 Å². The molecule has 11 heteroatoms. The van der Waals surface area contributed by atoms with E-state index in [1.807, 2.05) is 6.92 Å². The van der Waals surface area contributed by atoms with Gasteiger partial charge in [-0.25, -0.2) is 10.8 Å². The molecule has 0 fully saturated rings. The number of anilines is 2. The maximum atomic E-state index is 11.7. The number of nitrogens with one attached hydrogen (secondary N) is 3. The first-order chi connectivity index (χ1) is 10.1. The van der Waals surface area contributed by atoms with Crippen molar-refractivity contribution < 1.29 is 4.79 Å². The third-order valence-corrected chi connectivity index (χ3v) is 2.47. The van der Waals surface area contributed by atoms with Crippen molar-refractivity contribution in [1.29, 1.82) is 0 Å². The number of nitrogens with two attached hydrogens (primary N) is 1. The van der Waals surface area contributed by atoms with E-state index in [2.05, 4.69) is 41.1 Å². The SMILES string of the molecule is CCNC(=O)C(C)Nc1nc(NN)nc(-n2cncn2)n1. The Morgan fingerprint density at radius 3 is 2.76 bits per heavy atom. The zero-order valence-corrected chi connectivity index (χ0v) is 11.6. The third-order valence-electron chi connectivity index (χ3n) is 2.47. The van der Waals surface area contributed by atoms with Crippen molar-refractivity contribution in [2.24, 2.45) is 5.84 Å². The Balaban J connectivity index is 2.23. The highest BCUT2D eigenvalue weighted by atomic mass is 16.2. The summed E-state index contributed by atoms with van der Waals surface area (Å²) >= 11 is 0. The van der Waals surface area contributed by atoms with Crippen molar-refractivity contribution >= 4 is 17.8 Å². The van der Waals surface area contributed by atoms with Gasteiger partial charge in [-0.05, 0) is 13.8 Å². The fourth-order valence-corrected chi connectivity index (χ4v) is 1.49. The molecule has 1 atom stereocenters. The molecule has 0 radical (unpaired) electrons. The molecule has 2 heterocycles. The maximum Gasteiger partial charge on any atom is 0.258 e. The van der Waals surface area contributed by atoms with Crippen LogP contribution in [-0.4, -0.2) is 48.2 Å². The molecule has 0 saturated carbocycles. The fraction of sp³-hybridized carbons (Fsp3) is 0.400. The van der Waals surface area contributed by atoms with Gasteiger partial charge >= 0.3 is 0 Å². The van der Waals surface area contributed by atoms with E-state index in [1.165, 1.54) is 17.3 Å². The van der Waals surface area contributed by atoms with Crippen molar-refractivity contribution in [3.63, 3.8) is 0 Å². The minimum absolute atomic E-state index is 0.140. The Morgan fingerprint density at radius 1 is 1.38 bits per heavy atom. The second kappa shape index (κ2) is 6.56. The van der Waals surface area contributed by atoms with Gasteiger partial charge in [0.2, 0.25) is 17.8 Å². The Kier molecular flexibility index (Phi) is 4.56. The van der Waals surface area contributed by atoms with Crippen molar-refractivity contribution in [2.75, 3.05) is 17.3 Å². The number of nitrogens with zero attached hydrogens (tertiary/aromatic N) is 6. The molecule has 0 spiro atoms. The van der Waals surface area contributed by atoms with Gasteiger partial charge < -0.3 is 10.6 Å². The van der Waals surface area contributed by atoms with Crippen LogP contribution in [0, 0.1) is 0 Å². The number of amides is 1. The number of carbonyl (C=O) groups excluding carboxylic acids is 1. The second-order valence-corrected chi connectivity index (χ2v) is 4.03. The van der Waals surface area contributed by atoms with E-state index in [4.69, 9.17) is 5.84 Å². The van der Waals surface area contributed by atoms with Crippen molar-refractivity contribution in [1.82, 2.24) is 35.0 Å². The Hall–Kier alpha value is -2.82. The molecular weight excluding hydrogens is 276 g/mol. The lowest BCUT2D eigenvalue weighted by atomic mass is 10.3.